The van der Waals surface area contributed by atoms with Crippen molar-refractivity contribution in [2.24, 2.45) is 0 Å². The van der Waals surface area contributed by atoms with Crippen molar-refractivity contribution < 1.29 is 9.47 Å². The first kappa shape index (κ1) is 19.6. The van der Waals surface area contributed by atoms with Crippen molar-refractivity contribution in [1.29, 1.82) is 0 Å². The number of ether oxygens (including phenoxy) is 2. The molecule has 4 nitrogen and oxygen atoms in total. The molecule has 0 bridgehead atoms. The molecule has 0 unspecified atom stereocenters. The third-order valence-electron chi connectivity index (χ3n) is 5.88. The molecule has 0 saturated heterocycles. The maximum atomic E-state index is 5.51. The number of fused-ring (bicyclic) bond motifs is 1. The van der Waals surface area contributed by atoms with Gasteiger partial charge in [-0.1, -0.05) is 36.4 Å². The van der Waals surface area contributed by atoms with E-state index in [2.05, 4.69) is 58.6 Å². The van der Waals surface area contributed by atoms with E-state index in [9.17, 15) is 0 Å². The van der Waals surface area contributed by atoms with E-state index in [-0.39, 0.29) is 0 Å². The lowest BCUT2D eigenvalue weighted by Gasteiger charge is -2.26. The minimum atomic E-state index is 0.833. The average molecular weight is 391 g/mol. The van der Waals surface area contributed by atoms with Crippen LogP contribution in [0.3, 0.4) is 0 Å². The van der Waals surface area contributed by atoms with Gasteiger partial charge < -0.3 is 14.5 Å². The molecule has 0 spiro atoms. The average Bonchev–Trinajstić information content (AvgIpc) is 3.20. The van der Waals surface area contributed by atoms with Gasteiger partial charge in [0, 0.05) is 30.7 Å². The van der Waals surface area contributed by atoms with Crippen LogP contribution in [0.1, 0.15) is 30.4 Å². The van der Waals surface area contributed by atoms with Crippen molar-refractivity contribution in [3.05, 3.63) is 65.9 Å². The Morgan fingerprint density at radius 3 is 2.62 bits per heavy atom. The van der Waals surface area contributed by atoms with Crippen molar-refractivity contribution in [2.75, 3.05) is 33.9 Å². The largest absolute Gasteiger partial charge is 0.497 e. The fourth-order valence-corrected chi connectivity index (χ4v) is 4.19. The number of nitrogens with zero attached hydrogens (tertiary/aromatic N) is 1. The van der Waals surface area contributed by atoms with Gasteiger partial charge in [0.15, 0.2) is 0 Å². The predicted octanol–water partition coefficient (Wildman–Crippen LogP) is 5.30. The SMILES string of the molecule is COc1cc(OC)c2[nH]cc(CCCCN3CC=C(c4ccccc4)CC3)c2c1. The van der Waals surface area contributed by atoms with Gasteiger partial charge in [-0.3, -0.25) is 4.90 Å². The summed E-state index contributed by atoms with van der Waals surface area (Å²) in [5.41, 5.74) is 5.25. The lowest BCUT2D eigenvalue weighted by atomic mass is 9.99. The minimum Gasteiger partial charge on any atom is -0.497 e. The molecule has 1 aliphatic rings. The van der Waals surface area contributed by atoms with E-state index in [0.29, 0.717) is 0 Å². The summed E-state index contributed by atoms with van der Waals surface area (Å²) < 4.78 is 10.9. The molecule has 0 saturated carbocycles. The van der Waals surface area contributed by atoms with Gasteiger partial charge in [-0.25, -0.2) is 0 Å². The lowest BCUT2D eigenvalue weighted by Crippen LogP contribution is -2.29. The third-order valence-corrected chi connectivity index (χ3v) is 5.88. The van der Waals surface area contributed by atoms with Gasteiger partial charge >= 0.3 is 0 Å². The maximum absolute atomic E-state index is 5.51. The Labute approximate surface area is 173 Å². The molecule has 2 aromatic carbocycles. The molecule has 0 amide bonds. The van der Waals surface area contributed by atoms with Crippen LogP contribution in [-0.4, -0.2) is 43.7 Å². The van der Waals surface area contributed by atoms with Crippen LogP contribution in [0, 0.1) is 0 Å². The Morgan fingerprint density at radius 2 is 1.90 bits per heavy atom. The fraction of sp³-hybridized carbons (Fsp3) is 0.360. The molecule has 0 radical (unpaired) electrons. The van der Waals surface area contributed by atoms with Crippen LogP contribution < -0.4 is 9.47 Å². The van der Waals surface area contributed by atoms with Gasteiger partial charge in [0.05, 0.1) is 19.7 Å². The highest BCUT2D eigenvalue weighted by Gasteiger charge is 2.13. The zero-order chi connectivity index (χ0) is 20.1. The van der Waals surface area contributed by atoms with Crippen LogP contribution in [-0.2, 0) is 6.42 Å². The number of H-pyrrole nitrogens is 1. The van der Waals surface area contributed by atoms with Crippen LogP contribution in [0.5, 0.6) is 11.5 Å². The van der Waals surface area contributed by atoms with Crippen molar-refractivity contribution in [2.45, 2.75) is 25.7 Å². The Hall–Kier alpha value is -2.72. The molecule has 152 valence electrons. The number of rotatable bonds is 8. The van der Waals surface area contributed by atoms with E-state index >= 15 is 0 Å². The minimum absolute atomic E-state index is 0.833. The number of methoxy groups -OCH3 is 2. The maximum Gasteiger partial charge on any atom is 0.146 e. The Bertz CT molecular complexity index is 975. The monoisotopic (exact) mass is 390 g/mol. The molecule has 0 fully saturated rings. The summed E-state index contributed by atoms with van der Waals surface area (Å²) in [6.45, 7) is 3.38. The normalized spacial score (nSPS) is 14.8. The zero-order valence-electron chi connectivity index (χ0n) is 17.4. The quantitative estimate of drug-likeness (QED) is 0.531. The number of unbranched alkanes of at least 4 members (excludes halogenated alkanes) is 1. The summed E-state index contributed by atoms with van der Waals surface area (Å²) >= 11 is 0. The number of nitrogens with one attached hydrogen (secondary N) is 1. The highest BCUT2D eigenvalue weighted by molar-refractivity contribution is 5.90. The van der Waals surface area contributed by atoms with Crippen molar-refractivity contribution in [3.8, 4) is 11.5 Å². The molecule has 3 aromatic rings. The van der Waals surface area contributed by atoms with E-state index in [1.54, 1.807) is 14.2 Å². The van der Waals surface area contributed by atoms with Crippen molar-refractivity contribution in [3.63, 3.8) is 0 Å². The van der Waals surface area contributed by atoms with E-state index in [1.807, 2.05) is 6.07 Å². The molecule has 1 aliphatic heterocycles. The van der Waals surface area contributed by atoms with Gasteiger partial charge in [-0.05, 0) is 55.0 Å². The first-order chi connectivity index (χ1) is 14.3. The summed E-state index contributed by atoms with van der Waals surface area (Å²) in [7, 11) is 3.40. The third kappa shape index (κ3) is 4.48. The van der Waals surface area contributed by atoms with Crippen LogP contribution >= 0.6 is 0 Å². The lowest BCUT2D eigenvalue weighted by molar-refractivity contribution is 0.295. The van der Waals surface area contributed by atoms with Gasteiger partial charge in [-0.2, -0.15) is 0 Å². The molecule has 4 heteroatoms. The van der Waals surface area contributed by atoms with Crippen LogP contribution in [0.4, 0.5) is 0 Å². The summed E-state index contributed by atoms with van der Waals surface area (Å²) in [4.78, 5) is 5.93. The Morgan fingerprint density at radius 1 is 1.03 bits per heavy atom. The second-order valence-electron chi connectivity index (χ2n) is 7.67. The number of hydrogen-bond donors (Lipinski definition) is 1. The van der Waals surface area contributed by atoms with E-state index < -0.39 is 0 Å². The first-order valence-electron chi connectivity index (χ1n) is 10.5. The molecule has 29 heavy (non-hydrogen) atoms. The molecule has 2 heterocycles. The first-order valence-corrected chi connectivity index (χ1v) is 10.5. The summed E-state index contributed by atoms with van der Waals surface area (Å²) in [6.07, 6.45) is 9.11. The van der Waals surface area contributed by atoms with E-state index in [0.717, 1.165) is 49.5 Å². The second kappa shape index (κ2) is 9.19. The topological polar surface area (TPSA) is 37.5 Å². The molecular weight excluding hydrogens is 360 g/mol. The number of hydrogen-bond acceptors (Lipinski definition) is 3. The van der Waals surface area contributed by atoms with Crippen LogP contribution in [0.25, 0.3) is 16.5 Å². The summed E-state index contributed by atoms with van der Waals surface area (Å²) in [5, 5.41) is 1.20. The highest BCUT2D eigenvalue weighted by atomic mass is 16.5. The number of aryl methyl sites for hydroxylation is 1. The number of benzene rings is 2. The molecular formula is C25H30N2O2. The predicted molar refractivity (Wildman–Crippen MR) is 120 cm³/mol. The summed E-state index contributed by atoms with van der Waals surface area (Å²) in [5.74, 6) is 1.67. The van der Waals surface area contributed by atoms with Gasteiger partial charge in [0.25, 0.3) is 0 Å². The zero-order valence-corrected chi connectivity index (χ0v) is 17.4. The molecule has 1 N–H and O–H groups in total. The summed E-state index contributed by atoms with van der Waals surface area (Å²) in [6, 6.07) is 14.8. The Balaban J connectivity index is 1.30. The standard InChI is InChI=1S/C25H30N2O2/c1-28-22-16-23-21(18-26-25(23)24(17-22)29-2)10-6-7-13-27-14-11-20(12-15-27)19-8-4-3-5-9-19/h3-5,8-9,11,16-18,26H,6-7,10,12-15H2,1-2H3. The second-order valence-corrected chi connectivity index (χ2v) is 7.67. The van der Waals surface area contributed by atoms with Gasteiger partial charge in [0.1, 0.15) is 11.5 Å². The van der Waals surface area contributed by atoms with Gasteiger partial charge in [0.2, 0.25) is 0 Å². The van der Waals surface area contributed by atoms with Crippen molar-refractivity contribution >= 4 is 16.5 Å². The van der Waals surface area contributed by atoms with Crippen LogP contribution in [0.15, 0.2) is 54.7 Å². The molecule has 1 aromatic heterocycles. The van der Waals surface area contributed by atoms with E-state index in [1.165, 1.54) is 34.9 Å². The van der Waals surface area contributed by atoms with Crippen LogP contribution in [0.2, 0.25) is 0 Å². The molecule has 0 atom stereocenters. The number of aromatic nitrogens is 1. The number of aromatic amines is 1. The smallest absolute Gasteiger partial charge is 0.146 e. The fourth-order valence-electron chi connectivity index (χ4n) is 4.19. The van der Waals surface area contributed by atoms with Crippen molar-refractivity contribution in [1.82, 2.24) is 9.88 Å². The molecule has 0 aliphatic carbocycles. The van der Waals surface area contributed by atoms with E-state index in [4.69, 9.17) is 9.47 Å². The van der Waals surface area contributed by atoms with Gasteiger partial charge in [-0.15, -0.1) is 0 Å². The Kier molecular flexibility index (Phi) is 6.20. The highest BCUT2D eigenvalue weighted by Crippen LogP contribution is 2.33. The molecule has 4 rings (SSSR count).